The van der Waals surface area contributed by atoms with Gasteiger partial charge >= 0.3 is 0 Å². The second kappa shape index (κ2) is 9.83. The minimum absolute atomic E-state index is 1.08. The molecular formula is C7H17N. The average molecular weight is 115 g/mol. The van der Waals surface area contributed by atoms with Gasteiger partial charge in [-0.25, -0.2) is 0 Å². The lowest BCUT2D eigenvalue weighted by Crippen LogP contribution is -1.83. The largest absolute Gasteiger partial charge is 0.298 e. The van der Waals surface area contributed by atoms with E-state index in [9.17, 15) is 0 Å². The summed E-state index contributed by atoms with van der Waals surface area (Å²) in [5, 5.41) is 0. The molecule has 0 N–H and O–H groups in total. The van der Waals surface area contributed by atoms with Gasteiger partial charge in [-0.05, 0) is 13.3 Å². The Balaban J connectivity index is 0. The summed E-state index contributed by atoms with van der Waals surface area (Å²) in [5.74, 6) is 0. The molecule has 1 nitrogen and oxygen atoms in total. The lowest BCUT2D eigenvalue weighted by molar-refractivity contribution is 1.23. The van der Waals surface area contributed by atoms with E-state index in [-0.39, 0.29) is 0 Å². The van der Waals surface area contributed by atoms with Crippen molar-refractivity contribution in [3.8, 4) is 0 Å². The topological polar surface area (TPSA) is 12.4 Å². The van der Waals surface area contributed by atoms with E-state index in [1.807, 2.05) is 27.8 Å². The first-order valence-electron chi connectivity index (χ1n) is 3.23. The molecule has 0 saturated carbocycles. The molecule has 0 aromatic rings. The Labute approximate surface area is 52.8 Å². The third kappa shape index (κ3) is 9.18. The van der Waals surface area contributed by atoms with E-state index in [1.54, 1.807) is 0 Å². The van der Waals surface area contributed by atoms with Gasteiger partial charge in [-0.3, -0.25) is 4.99 Å². The molecule has 0 heterocycles. The Kier molecular flexibility index (Phi) is 13.0. The van der Waals surface area contributed by atoms with Crippen molar-refractivity contribution >= 4 is 5.71 Å². The zero-order valence-electron chi connectivity index (χ0n) is 6.65. The number of nitrogens with zero attached hydrogens (tertiary/aromatic N) is 1. The van der Waals surface area contributed by atoms with E-state index in [2.05, 4.69) is 11.9 Å². The van der Waals surface area contributed by atoms with Crippen LogP contribution < -0.4 is 0 Å². The molecule has 0 saturated heterocycles. The molecule has 8 heavy (non-hydrogen) atoms. The van der Waals surface area contributed by atoms with E-state index in [0.717, 1.165) is 6.42 Å². The Morgan fingerprint density at radius 2 is 1.75 bits per heavy atom. The average Bonchev–Trinajstić information content (AvgIpc) is 1.91. The van der Waals surface area contributed by atoms with E-state index in [0.29, 0.717) is 0 Å². The highest BCUT2D eigenvalue weighted by molar-refractivity contribution is 5.81. The van der Waals surface area contributed by atoms with E-state index in [1.165, 1.54) is 5.71 Å². The van der Waals surface area contributed by atoms with Crippen LogP contribution >= 0.6 is 0 Å². The Hall–Kier alpha value is -0.330. The van der Waals surface area contributed by atoms with Crippen molar-refractivity contribution in [3.63, 3.8) is 0 Å². The van der Waals surface area contributed by atoms with Gasteiger partial charge in [-0.2, -0.15) is 0 Å². The maximum atomic E-state index is 3.92. The predicted molar refractivity (Wildman–Crippen MR) is 40.7 cm³/mol. The van der Waals surface area contributed by atoms with Gasteiger partial charge in [0.2, 0.25) is 0 Å². The van der Waals surface area contributed by atoms with Crippen LogP contribution in [0, 0.1) is 0 Å². The fourth-order valence-electron chi connectivity index (χ4n) is 0.158. The first-order chi connectivity index (χ1) is 3.81. The second-order valence-electron chi connectivity index (χ2n) is 1.31. The number of hydrogen-bond acceptors (Lipinski definition) is 1. The molecule has 0 aromatic heterocycles. The van der Waals surface area contributed by atoms with Crippen LogP contribution in [0.5, 0.6) is 0 Å². The van der Waals surface area contributed by atoms with Gasteiger partial charge in [0.05, 0.1) is 0 Å². The van der Waals surface area contributed by atoms with Crippen molar-refractivity contribution < 1.29 is 0 Å². The standard InChI is InChI=1S/C5H11N.C2H6/c1-4-5(2)6-3;1-2/h4H2,1-3H3;1-2H3. The molecule has 50 valence electrons. The monoisotopic (exact) mass is 115 g/mol. The SMILES string of the molecule is CC.CCC(C)=NC. The van der Waals surface area contributed by atoms with Gasteiger partial charge in [-0.1, -0.05) is 20.8 Å². The smallest absolute Gasteiger partial charge is 0.0276 e. The van der Waals surface area contributed by atoms with Gasteiger partial charge in [0, 0.05) is 12.8 Å². The van der Waals surface area contributed by atoms with Crippen molar-refractivity contribution in [2.45, 2.75) is 34.1 Å². The van der Waals surface area contributed by atoms with Crippen LogP contribution in [0.3, 0.4) is 0 Å². The molecule has 0 bridgehead atoms. The summed E-state index contributed by atoms with van der Waals surface area (Å²) >= 11 is 0. The zero-order chi connectivity index (χ0) is 6.99. The van der Waals surface area contributed by atoms with Gasteiger partial charge in [0.25, 0.3) is 0 Å². The summed E-state index contributed by atoms with van der Waals surface area (Å²) in [6, 6.07) is 0. The van der Waals surface area contributed by atoms with Crippen LogP contribution in [0.25, 0.3) is 0 Å². The molecule has 0 aliphatic carbocycles. The van der Waals surface area contributed by atoms with Crippen molar-refractivity contribution in [1.82, 2.24) is 0 Å². The predicted octanol–water partition coefficient (Wildman–Crippen LogP) is 2.51. The summed E-state index contributed by atoms with van der Waals surface area (Å²) in [6.07, 6.45) is 1.08. The van der Waals surface area contributed by atoms with E-state index in [4.69, 9.17) is 0 Å². The Morgan fingerprint density at radius 3 is 1.75 bits per heavy atom. The van der Waals surface area contributed by atoms with Crippen LogP contribution in [0.1, 0.15) is 34.1 Å². The molecule has 0 amide bonds. The summed E-state index contributed by atoms with van der Waals surface area (Å²) in [6.45, 7) is 8.13. The van der Waals surface area contributed by atoms with Crippen LogP contribution in [-0.4, -0.2) is 12.8 Å². The van der Waals surface area contributed by atoms with Gasteiger partial charge in [0.1, 0.15) is 0 Å². The highest BCUT2D eigenvalue weighted by atomic mass is 14.7. The summed E-state index contributed by atoms with van der Waals surface area (Å²) in [7, 11) is 1.82. The minimum atomic E-state index is 1.08. The molecule has 0 spiro atoms. The molecule has 0 aliphatic heterocycles. The lowest BCUT2D eigenvalue weighted by Gasteiger charge is -1.84. The Bertz CT molecular complexity index is 55.4. The first-order valence-corrected chi connectivity index (χ1v) is 3.23. The highest BCUT2D eigenvalue weighted by Gasteiger charge is 1.75. The third-order valence-electron chi connectivity index (χ3n) is 0.893. The van der Waals surface area contributed by atoms with Crippen molar-refractivity contribution in [2.75, 3.05) is 7.05 Å². The molecule has 0 fully saturated rings. The second-order valence-corrected chi connectivity index (χ2v) is 1.31. The van der Waals surface area contributed by atoms with Gasteiger partial charge in [0.15, 0.2) is 0 Å². The van der Waals surface area contributed by atoms with Crippen LogP contribution in [0.15, 0.2) is 4.99 Å². The van der Waals surface area contributed by atoms with Crippen LogP contribution in [-0.2, 0) is 0 Å². The fraction of sp³-hybridized carbons (Fsp3) is 0.857. The maximum absolute atomic E-state index is 3.92. The molecule has 0 unspecified atom stereocenters. The third-order valence-corrected chi connectivity index (χ3v) is 0.893. The molecular weight excluding hydrogens is 98.1 g/mol. The molecule has 0 radical (unpaired) electrons. The summed E-state index contributed by atoms with van der Waals surface area (Å²) in [4.78, 5) is 3.92. The number of rotatable bonds is 1. The van der Waals surface area contributed by atoms with Crippen molar-refractivity contribution in [3.05, 3.63) is 0 Å². The Morgan fingerprint density at radius 1 is 1.38 bits per heavy atom. The summed E-state index contributed by atoms with van der Waals surface area (Å²) < 4.78 is 0. The van der Waals surface area contributed by atoms with Gasteiger partial charge in [-0.15, -0.1) is 0 Å². The lowest BCUT2D eigenvalue weighted by atomic mass is 10.3. The minimum Gasteiger partial charge on any atom is -0.298 e. The quantitative estimate of drug-likeness (QED) is 0.466. The number of hydrogen-bond donors (Lipinski definition) is 0. The van der Waals surface area contributed by atoms with Crippen molar-refractivity contribution in [2.24, 2.45) is 4.99 Å². The molecule has 0 rings (SSSR count). The van der Waals surface area contributed by atoms with Crippen LogP contribution in [0.4, 0.5) is 0 Å². The molecule has 0 aliphatic rings. The normalized spacial score (nSPS) is 9.88. The highest BCUT2D eigenvalue weighted by Crippen LogP contribution is 1.78. The molecule has 1 heteroatoms. The number of aliphatic imine (C=N–C) groups is 1. The fourth-order valence-corrected chi connectivity index (χ4v) is 0.158. The van der Waals surface area contributed by atoms with Gasteiger partial charge < -0.3 is 0 Å². The van der Waals surface area contributed by atoms with E-state index >= 15 is 0 Å². The molecule has 0 aromatic carbocycles. The van der Waals surface area contributed by atoms with Crippen molar-refractivity contribution in [1.29, 1.82) is 0 Å². The maximum Gasteiger partial charge on any atom is 0.0276 e. The van der Waals surface area contributed by atoms with E-state index < -0.39 is 0 Å². The zero-order valence-corrected chi connectivity index (χ0v) is 6.65. The van der Waals surface area contributed by atoms with Crippen LogP contribution in [0.2, 0.25) is 0 Å². The summed E-state index contributed by atoms with van der Waals surface area (Å²) in [5.41, 5.74) is 1.22. The molecule has 0 atom stereocenters. The first kappa shape index (κ1) is 10.6.